The summed E-state index contributed by atoms with van der Waals surface area (Å²) in [6.45, 7) is 0. The van der Waals surface area contributed by atoms with Crippen LogP contribution in [0.15, 0.2) is 57.4 Å². The number of aromatic nitrogens is 2. The molecule has 0 bridgehead atoms. The highest BCUT2D eigenvalue weighted by Crippen LogP contribution is 2.30. The van der Waals surface area contributed by atoms with Crippen molar-refractivity contribution in [2.45, 2.75) is 17.7 Å². The Hall–Kier alpha value is -1.80. The van der Waals surface area contributed by atoms with Crippen LogP contribution in [-0.4, -0.2) is 10.2 Å². The number of thioether (sulfide) groups is 1. The predicted octanol–water partition coefficient (Wildman–Crippen LogP) is 5.95. The van der Waals surface area contributed by atoms with E-state index in [9.17, 15) is 13.2 Å². The first-order chi connectivity index (χ1) is 11.9. The van der Waals surface area contributed by atoms with Gasteiger partial charge in [-0.1, -0.05) is 24.3 Å². The minimum absolute atomic E-state index is 0.428. The van der Waals surface area contributed by atoms with Crippen LogP contribution in [-0.2, 0) is 17.7 Å². The van der Waals surface area contributed by atoms with Crippen LogP contribution in [0.3, 0.4) is 0 Å². The molecule has 3 aromatic rings. The molecule has 0 amide bonds. The third-order valence-electron chi connectivity index (χ3n) is 3.35. The summed E-state index contributed by atoms with van der Waals surface area (Å²) in [5, 5.41) is 8.03. The lowest BCUT2D eigenvalue weighted by Crippen LogP contribution is -2.04. The van der Waals surface area contributed by atoms with Crippen molar-refractivity contribution in [1.29, 1.82) is 0 Å². The molecule has 3 rings (SSSR count). The topological polar surface area (TPSA) is 38.9 Å². The van der Waals surface area contributed by atoms with Gasteiger partial charge in [-0.2, -0.15) is 13.2 Å². The summed E-state index contributed by atoms with van der Waals surface area (Å²) < 4.78 is 44.1. The van der Waals surface area contributed by atoms with Crippen molar-refractivity contribution in [1.82, 2.24) is 10.2 Å². The Balaban J connectivity index is 1.57. The van der Waals surface area contributed by atoms with Crippen molar-refractivity contribution >= 4 is 27.7 Å². The zero-order chi connectivity index (χ0) is 17.9. The summed E-state index contributed by atoms with van der Waals surface area (Å²) in [4.78, 5) is 0. The number of hydrogen-bond donors (Lipinski definition) is 0. The third kappa shape index (κ3) is 4.64. The first-order valence-electron chi connectivity index (χ1n) is 7.24. The van der Waals surface area contributed by atoms with Gasteiger partial charge in [0, 0.05) is 10.2 Å². The van der Waals surface area contributed by atoms with Crippen LogP contribution >= 0.6 is 27.7 Å². The van der Waals surface area contributed by atoms with E-state index in [4.69, 9.17) is 4.42 Å². The van der Waals surface area contributed by atoms with Crippen LogP contribution in [0, 0.1) is 0 Å². The van der Waals surface area contributed by atoms with E-state index in [0.717, 1.165) is 27.7 Å². The molecule has 1 heterocycles. The van der Waals surface area contributed by atoms with Gasteiger partial charge in [-0.15, -0.1) is 22.0 Å². The number of alkyl halides is 3. The molecular weight excluding hydrogens is 417 g/mol. The highest BCUT2D eigenvalue weighted by atomic mass is 79.9. The first kappa shape index (κ1) is 18.0. The molecule has 8 heteroatoms. The average Bonchev–Trinajstić information content (AvgIpc) is 3.03. The normalized spacial score (nSPS) is 11.7. The molecule has 0 spiro atoms. The molecule has 0 aliphatic rings. The number of hydrogen-bond acceptors (Lipinski definition) is 4. The number of nitrogens with zero attached hydrogens (tertiary/aromatic N) is 2. The Kier molecular flexibility index (Phi) is 5.48. The van der Waals surface area contributed by atoms with Gasteiger partial charge in [-0.3, -0.25) is 0 Å². The van der Waals surface area contributed by atoms with E-state index in [2.05, 4.69) is 26.1 Å². The van der Waals surface area contributed by atoms with Crippen LogP contribution in [0.2, 0.25) is 0 Å². The zero-order valence-corrected chi connectivity index (χ0v) is 15.2. The minimum atomic E-state index is -4.31. The van der Waals surface area contributed by atoms with E-state index in [1.54, 1.807) is 0 Å². The quantitative estimate of drug-likeness (QED) is 0.503. The monoisotopic (exact) mass is 428 g/mol. The molecule has 0 N–H and O–H groups in total. The molecule has 0 radical (unpaired) electrons. The van der Waals surface area contributed by atoms with E-state index in [0.29, 0.717) is 23.3 Å². The SMILES string of the molecule is FC(F)(F)c1ccc(CSCc2nnc(-c3ccccc3Br)o2)cc1. The molecule has 3 nitrogen and oxygen atoms in total. The summed E-state index contributed by atoms with van der Waals surface area (Å²) >= 11 is 4.93. The summed E-state index contributed by atoms with van der Waals surface area (Å²) in [7, 11) is 0. The molecule has 25 heavy (non-hydrogen) atoms. The van der Waals surface area contributed by atoms with Gasteiger partial charge in [0.05, 0.1) is 16.9 Å². The second-order valence-corrected chi connectivity index (χ2v) is 7.01. The molecule has 0 atom stereocenters. The first-order valence-corrected chi connectivity index (χ1v) is 9.19. The summed E-state index contributed by atoms with van der Waals surface area (Å²) in [6, 6.07) is 12.7. The Labute approximate surface area is 154 Å². The fraction of sp³-hybridized carbons (Fsp3) is 0.176. The molecule has 0 fully saturated rings. The van der Waals surface area contributed by atoms with Crippen LogP contribution < -0.4 is 0 Å². The zero-order valence-electron chi connectivity index (χ0n) is 12.8. The fourth-order valence-corrected chi connectivity index (χ4v) is 3.38. The maximum Gasteiger partial charge on any atom is 0.416 e. The minimum Gasteiger partial charge on any atom is -0.420 e. The van der Waals surface area contributed by atoms with Crippen LogP contribution in [0.1, 0.15) is 17.0 Å². The van der Waals surface area contributed by atoms with Crippen molar-refractivity contribution in [3.8, 4) is 11.5 Å². The Morgan fingerprint density at radius 2 is 1.68 bits per heavy atom. The second-order valence-electron chi connectivity index (χ2n) is 5.17. The summed E-state index contributed by atoms with van der Waals surface area (Å²) in [5.41, 5.74) is 0.980. The number of halogens is 4. The highest BCUT2D eigenvalue weighted by molar-refractivity contribution is 9.10. The molecule has 1 aromatic heterocycles. The van der Waals surface area contributed by atoms with Gasteiger partial charge in [0.2, 0.25) is 11.8 Å². The lowest BCUT2D eigenvalue weighted by atomic mass is 10.1. The maximum absolute atomic E-state index is 12.5. The smallest absolute Gasteiger partial charge is 0.416 e. The highest BCUT2D eigenvalue weighted by Gasteiger charge is 2.29. The average molecular weight is 429 g/mol. The third-order valence-corrected chi connectivity index (χ3v) is 5.03. The van der Waals surface area contributed by atoms with Crippen molar-refractivity contribution in [2.24, 2.45) is 0 Å². The maximum atomic E-state index is 12.5. The largest absolute Gasteiger partial charge is 0.420 e. The molecule has 0 saturated heterocycles. The van der Waals surface area contributed by atoms with Gasteiger partial charge in [0.15, 0.2) is 0 Å². The molecule has 0 aliphatic heterocycles. The summed E-state index contributed by atoms with van der Waals surface area (Å²) in [6.07, 6.45) is -4.31. The predicted molar refractivity (Wildman–Crippen MR) is 93.9 cm³/mol. The standard InChI is InChI=1S/C17H12BrF3N2OS/c18-14-4-2-1-3-13(14)16-23-22-15(24-16)10-25-9-11-5-7-12(8-6-11)17(19,20)21/h1-8H,9-10H2. The van der Waals surface area contributed by atoms with Crippen molar-refractivity contribution in [3.05, 3.63) is 70.0 Å². The van der Waals surface area contributed by atoms with Gasteiger partial charge < -0.3 is 4.42 Å². The molecule has 0 saturated carbocycles. The van der Waals surface area contributed by atoms with Crippen molar-refractivity contribution in [2.75, 3.05) is 0 Å². The molecule has 0 aliphatic carbocycles. The summed E-state index contributed by atoms with van der Waals surface area (Å²) in [5.74, 6) is 1.95. The molecule has 2 aromatic carbocycles. The molecule has 0 unspecified atom stereocenters. The van der Waals surface area contributed by atoms with E-state index in [1.165, 1.54) is 23.9 Å². The second kappa shape index (κ2) is 7.61. The Bertz CT molecular complexity index is 850. The van der Waals surface area contributed by atoms with Gasteiger partial charge in [-0.05, 0) is 45.8 Å². The van der Waals surface area contributed by atoms with E-state index in [1.807, 2.05) is 24.3 Å². The van der Waals surface area contributed by atoms with Gasteiger partial charge in [0.1, 0.15) is 0 Å². The lowest BCUT2D eigenvalue weighted by molar-refractivity contribution is -0.137. The van der Waals surface area contributed by atoms with Crippen LogP contribution in [0.5, 0.6) is 0 Å². The van der Waals surface area contributed by atoms with Crippen molar-refractivity contribution < 1.29 is 17.6 Å². The van der Waals surface area contributed by atoms with E-state index in [-0.39, 0.29) is 0 Å². The molecular formula is C17H12BrF3N2OS. The Morgan fingerprint density at radius 3 is 2.36 bits per heavy atom. The fourth-order valence-electron chi connectivity index (χ4n) is 2.10. The number of benzene rings is 2. The van der Waals surface area contributed by atoms with E-state index >= 15 is 0 Å². The van der Waals surface area contributed by atoms with Crippen LogP contribution in [0.25, 0.3) is 11.5 Å². The van der Waals surface area contributed by atoms with E-state index < -0.39 is 11.7 Å². The van der Waals surface area contributed by atoms with Gasteiger partial charge in [0.25, 0.3) is 0 Å². The lowest BCUT2D eigenvalue weighted by Gasteiger charge is -2.07. The van der Waals surface area contributed by atoms with Gasteiger partial charge in [-0.25, -0.2) is 0 Å². The van der Waals surface area contributed by atoms with Gasteiger partial charge >= 0.3 is 6.18 Å². The molecule has 130 valence electrons. The van der Waals surface area contributed by atoms with Crippen molar-refractivity contribution in [3.63, 3.8) is 0 Å². The Morgan fingerprint density at radius 1 is 0.960 bits per heavy atom. The van der Waals surface area contributed by atoms with Crippen LogP contribution in [0.4, 0.5) is 13.2 Å². The number of rotatable bonds is 5.